The zero-order valence-electron chi connectivity index (χ0n) is 7.16. The van der Waals surface area contributed by atoms with E-state index in [0.29, 0.717) is 5.56 Å². The van der Waals surface area contributed by atoms with Gasteiger partial charge in [0.15, 0.2) is 0 Å². The number of amidine groups is 1. The average Bonchev–Trinajstić information content (AvgIpc) is 2.18. The quantitative estimate of drug-likeness (QED) is 0.331. The summed E-state index contributed by atoms with van der Waals surface area (Å²) in [7, 11) is 0. The van der Waals surface area contributed by atoms with Gasteiger partial charge in [0.1, 0.15) is 11.7 Å². The summed E-state index contributed by atoms with van der Waals surface area (Å²) in [5.74, 6) is -0.870. The highest BCUT2D eigenvalue weighted by molar-refractivity contribution is 6.26. The number of pyridine rings is 1. The molecule has 74 valence electrons. The molecule has 0 aliphatic rings. The highest BCUT2D eigenvalue weighted by atomic mass is 35.5. The van der Waals surface area contributed by atoms with Gasteiger partial charge in [0, 0.05) is 17.8 Å². The van der Waals surface area contributed by atoms with Crippen LogP contribution in [0.1, 0.15) is 5.56 Å². The Hall–Kier alpha value is -1.62. The van der Waals surface area contributed by atoms with E-state index in [0.717, 1.165) is 0 Å². The lowest BCUT2D eigenvalue weighted by molar-refractivity contribution is -0.131. The van der Waals surface area contributed by atoms with Crippen molar-refractivity contribution in [1.82, 2.24) is 4.98 Å². The summed E-state index contributed by atoms with van der Waals surface area (Å²) in [6.45, 7) is 0. The SMILES string of the molecule is N=C(N)c1ccnc(OC(=O)CCl)c1. The largest absolute Gasteiger partial charge is 0.407 e. The molecule has 0 aliphatic carbocycles. The second kappa shape index (κ2) is 4.57. The molecule has 1 aromatic rings. The third-order valence-electron chi connectivity index (χ3n) is 1.37. The second-order valence-corrected chi connectivity index (χ2v) is 2.67. The van der Waals surface area contributed by atoms with E-state index >= 15 is 0 Å². The molecule has 3 N–H and O–H groups in total. The summed E-state index contributed by atoms with van der Waals surface area (Å²) in [6.07, 6.45) is 1.40. The Morgan fingerprint density at radius 1 is 1.71 bits per heavy atom. The molecule has 1 heterocycles. The standard InChI is InChI=1S/C8H8ClN3O2/c9-4-7(13)14-6-3-5(8(10)11)1-2-12-6/h1-3H,4H2,(H3,10,11). The summed E-state index contributed by atoms with van der Waals surface area (Å²) in [4.78, 5) is 14.5. The van der Waals surface area contributed by atoms with Crippen LogP contribution in [0.3, 0.4) is 0 Å². The van der Waals surface area contributed by atoms with Crippen LogP contribution in [0.25, 0.3) is 0 Å². The van der Waals surface area contributed by atoms with Crippen LogP contribution in [0.5, 0.6) is 5.88 Å². The van der Waals surface area contributed by atoms with Crippen molar-refractivity contribution in [3.05, 3.63) is 23.9 Å². The van der Waals surface area contributed by atoms with E-state index < -0.39 is 5.97 Å². The molecule has 0 saturated heterocycles. The van der Waals surface area contributed by atoms with Crippen LogP contribution in [0.15, 0.2) is 18.3 Å². The van der Waals surface area contributed by atoms with E-state index in [2.05, 4.69) is 4.98 Å². The molecule has 0 radical (unpaired) electrons. The van der Waals surface area contributed by atoms with Gasteiger partial charge in [-0.25, -0.2) is 4.98 Å². The molecule has 14 heavy (non-hydrogen) atoms. The van der Waals surface area contributed by atoms with Crippen LogP contribution in [0, 0.1) is 5.41 Å². The van der Waals surface area contributed by atoms with Gasteiger partial charge in [0.05, 0.1) is 0 Å². The Morgan fingerprint density at radius 3 is 3.00 bits per heavy atom. The number of carbonyl (C=O) groups excluding carboxylic acids is 1. The molecule has 5 nitrogen and oxygen atoms in total. The molecule has 1 aromatic heterocycles. The minimum Gasteiger partial charge on any atom is -0.407 e. The zero-order valence-corrected chi connectivity index (χ0v) is 7.91. The molecule has 6 heteroatoms. The molecule has 0 spiro atoms. The number of nitrogen functional groups attached to an aromatic ring is 1. The Bertz CT molecular complexity index is 367. The number of hydrogen-bond donors (Lipinski definition) is 2. The summed E-state index contributed by atoms with van der Waals surface area (Å²) in [5.41, 5.74) is 5.68. The third-order valence-corrected chi connectivity index (χ3v) is 1.59. The first-order chi connectivity index (χ1) is 6.63. The molecule has 0 aliphatic heterocycles. The maximum absolute atomic E-state index is 10.8. The van der Waals surface area contributed by atoms with Gasteiger partial charge in [-0.15, -0.1) is 11.6 Å². The number of carbonyl (C=O) groups is 1. The van der Waals surface area contributed by atoms with Crippen molar-refractivity contribution < 1.29 is 9.53 Å². The van der Waals surface area contributed by atoms with Crippen LogP contribution < -0.4 is 10.5 Å². The number of nitrogens with two attached hydrogens (primary N) is 1. The number of hydrogen-bond acceptors (Lipinski definition) is 4. The topological polar surface area (TPSA) is 89.1 Å². The van der Waals surface area contributed by atoms with Crippen LogP contribution in [-0.4, -0.2) is 22.7 Å². The van der Waals surface area contributed by atoms with E-state index in [1.165, 1.54) is 12.3 Å². The zero-order chi connectivity index (χ0) is 10.6. The van der Waals surface area contributed by atoms with Gasteiger partial charge in [-0.05, 0) is 6.07 Å². The van der Waals surface area contributed by atoms with Gasteiger partial charge in [-0.2, -0.15) is 0 Å². The summed E-state index contributed by atoms with van der Waals surface area (Å²) in [6, 6.07) is 2.94. The number of halogens is 1. The summed E-state index contributed by atoms with van der Waals surface area (Å²) < 4.78 is 4.72. The van der Waals surface area contributed by atoms with Crippen molar-refractivity contribution in [2.45, 2.75) is 0 Å². The Balaban J connectivity index is 2.83. The van der Waals surface area contributed by atoms with Gasteiger partial charge >= 0.3 is 5.97 Å². The van der Waals surface area contributed by atoms with Gasteiger partial charge in [0.25, 0.3) is 0 Å². The van der Waals surface area contributed by atoms with Crippen LogP contribution in [0.2, 0.25) is 0 Å². The average molecular weight is 214 g/mol. The van der Waals surface area contributed by atoms with E-state index in [9.17, 15) is 4.79 Å². The molecule has 0 fully saturated rings. The number of nitrogens with one attached hydrogen (secondary N) is 1. The summed E-state index contributed by atoms with van der Waals surface area (Å²) >= 11 is 5.23. The lowest BCUT2D eigenvalue weighted by Crippen LogP contribution is -2.13. The molecule has 0 bridgehead atoms. The number of aromatic nitrogens is 1. The molecule has 0 aromatic carbocycles. The van der Waals surface area contributed by atoms with Gasteiger partial charge in [-0.3, -0.25) is 10.2 Å². The predicted molar refractivity (Wildman–Crippen MR) is 51.6 cm³/mol. The van der Waals surface area contributed by atoms with Crippen molar-refractivity contribution in [3.63, 3.8) is 0 Å². The van der Waals surface area contributed by atoms with E-state index in [-0.39, 0.29) is 17.6 Å². The molecule has 0 amide bonds. The fraction of sp³-hybridized carbons (Fsp3) is 0.125. The number of nitrogens with zero attached hydrogens (tertiary/aromatic N) is 1. The highest BCUT2D eigenvalue weighted by Gasteiger charge is 2.05. The number of esters is 1. The van der Waals surface area contributed by atoms with Crippen LogP contribution in [-0.2, 0) is 4.79 Å². The third kappa shape index (κ3) is 2.70. The lowest BCUT2D eigenvalue weighted by Gasteiger charge is -2.02. The highest BCUT2D eigenvalue weighted by Crippen LogP contribution is 2.08. The predicted octanol–water partition coefficient (Wildman–Crippen LogP) is 0.510. The lowest BCUT2D eigenvalue weighted by atomic mass is 10.2. The molecule has 0 atom stereocenters. The minimum absolute atomic E-state index is 0.0864. The second-order valence-electron chi connectivity index (χ2n) is 2.40. The van der Waals surface area contributed by atoms with Gasteiger partial charge in [0.2, 0.25) is 5.88 Å². The fourth-order valence-corrected chi connectivity index (χ4v) is 0.831. The van der Waals surface area contributed by atoms with E-state index in [1.807, 2.05) is 0 Å². The molecule has 0 saturated carbocycles. The number of alkyl halides is 1. The number of ether oxygens (including phenoxy) is 1. The van der Waals surface area contributed by atoms with Crippen molar-refractivity contribution in [3.8, 4) is 5.88 Å². The molecule has 0 unspecified atom stereocenters. The maximum atomic E-state index is 10.8. The Labute approximate surface area is 85.3 Å². The number of rotatable bonds is 3. The van der Waals surface area contributed by atoms with E-state index in [1.54, 1.807) is 6.07 Å². The van der Waals surface area contributed by atoms with Gasteiger partial charge < -0.3 is 10.5 Å². The minimum atomic E-state index is -0.597. The van der Waals surface area contributed by atoms with E-state index in [4.69, 9.17) is 27.5 Å². The van der Waals surface area contributed by atoms with Crippen LogP contribution in [0.4, 0.5) is 0 Å². The van der Waals surface area contributed by atoms with Crippen molar-refractivity contribution in [1.29, 1.82) is 5.41 Å². The van der Waals surface area contributed by atoms with Gasteiger partial charge in [-0.1, -0.05) is 0 Å². The smallest absolute Gasteiger partial charge is 0.327 e. The molecular weight excluding hydrogens is 206 g/mol. The van der Waals surface area contributed by atoms with Crippen molar-refractivity contribution in [2.75, 3.05) is 5.88 Å². The summed E-state index contributed by atoms with van der Waals surface area (Å²) in [5, 5.41) is 7.14. The Morgan fingerprint density at radius 2 is 2.43 bits per heavy atom. The first-order valence-electron chi connectivity index (χ1n) is 3.70. The Kier molecular flexibility index (Phi) is 3.41. The normalized spacial score (nSPS) is 9.50. The monoisotopic (exact) mass is 213 g/mol. The van der Waals surface area contributed by atoms with Crippen molar-refractivity contribution >= 4 is 23.4 Å². The fourth-order valence-electron chi connectivity index (χ4n) is 0.777. The first-order valence-corrected chi connectivity index (χ1v) is 4.24. The maximum Gasteiger partial charge on any atom is 0.327 e. The van der Waals surface area contributed by atoms with Crippen LogP contribution >= 0.6 is 11.6 Å². The molecular formula is C8H8ClN3O2. The first kappa shape index (κ1) is 10.5. The van der Waals surface area contributed by atoms with Crippen molar-refractivity contribution in [2.24, 2.45) is 5.73 Å². The molecule has 1 rings (SSSR count).